The molecule has 1 saturated heterocycles. The van der Waals surface area contributed by atoms with Gasteiger partial charge in [-0.05, 0) is 30.5 Å². The molecule has 2 N–H and O–H groups in total. The highest BCUT2D eigenvalue weighted by Gasteiger charge is 2.33. The van der Waals surface area contributed by atoms with E-state index in [2.05, 4.69) is 12.2 Å². The van der Waals surface area contributed by atoms with E-state index in [1.165, 1.54) is 0 Å². The number of hydrogen-bond donors (Lipinski definition) is 2. The second-order valence-corrected chi connectivity index (χ2v) is 6.71. The molecule has 23 heavy (non-hydrogen) atoms. The molecule has 1 fully saturated rings. The lowest BCUT2D eigenvalue weighted by atomic mass is 10.00. The van der Waals surface area contributed by atoms with Crippen molar-refractivity contribution >= 4 is 17.6 Å². The number of halogens is 1. The summed E-state index contributed by atoms with van der Waals surface area (Å²) < 4.78 is 5.55. The maximum atomic E-state index is 12.4. The molecule has 1 aliphatic heterocycles. The summed E-state index contributed by atoms with van der Waals surface area (Å²) in [5, 5.41) is 13.0. The Bertz CT molecular complexity index is 523. The van der Waals surface area contributed by atoms with Crippen molar-refractivity contribution in [3.8, 4) is 0 Å². The summed E-state index contributed by atoms with van der Waals surface area (Å²) in [6, 6.07) is 7.13. The first kappa shape index (κ1) is 18.0. The molecule has 128 valence electrons. The van der Waals surface area contributed by atoms with Crippen LogP contribution in [0.3, 0.4) is 0 Å². The van der Waals surface area contributed by atoms with Gasteiger partial charge in [0.25, 0.3) is 0 Å². The summed E-state index contributed by atoms with van der Waals surface area (Å²) in [6.07, 6.45) is -0.245. The zero-order chi connectivity index (χ0) is 17.0. The van der Waals surface area contributed by atoms with E-state index in [-0.39, 0.29) is 30.7 Å². The normalized spacial score (nSPS) is 23.6. The minimum Gasteiger partial charge on any atom is -0.396 e. The lowest BCUT2D eigenvalue weighted by molar-refractivity contribution is 0.0740. The number of likely N-dealkylation sites (tertiary alicyclic amines) is 1. The number of aliphatic hydroxyl groups excluding tert-OH is 1. The average molecular weight is 341 g/mol. The topological polar surface area (TPSA) is 61.8 Å². The van der Waals surface area contributed by atoms with Gasteiger partial charge in [-0.3, -0.25) is 0 Å². The van der Waals surface area contributed by atoms with Crippen LogP contribution in [0.2, 0.25) is 5.02 Å². The van der Waals surface area contributed by atoms with Gasteiger partial charge in [-0.25, -0.2) is 4.79 Å². The van der Waals surface area contributed by atoms with Crippen molar-refractivity contribution in [1.82, 2.24) is 10.2 Å². The van der Waals surface area contributed by atoms with Gasteiger partial charge in [0, 0.05) is 37.7 Å². The standard InChI is InChI=1S/C17H25ClN2O3/c1-11-8-20(9-14(11)10-21)17(22)19-12(2)16(23-3)13-4-6-15(18)7-5-13/h4-7,11-12,14,16,21H,8-10H2,1-3H3,(H,19,22)/t11-,12+,14+,16-/m1/s1. The molecule has 0 radical (unpaired) electrons. The second-order valence-electron chi connectivity index (χ2n) is 6.27. The molecule has 2 rings (SSSR count). The third kappa shape index (κ3) is 4.37. The van der Waals surface area contributed by atoms with Crippen LogP contribution < -0.4 is 5.32 Å². The number of urea groups is 1. The fourth-order valence-electron chi connectivity index (χ4n) is 3.08. The van der Waals surface area contributed by atoms with Crippen LogP contribution in [0.15, 0.2) is 24.3 Å². The summed E-state index contributed by atoms with van der Waals surface area (Å²) in [5.41, 5.74) is 0.965. The van der Waals surface area contributed by atoms with Crippen molar-refractivity contribution in [2.24, 2.45) is 11.8 Å². The Labute approximate surface area is 142 Å². The minimum atomic E-state index is -0.245. The summed E-state index contributed by atoms with van der Waals surface area (Å²) in [7, 11) is 1.63. The van der Waals surface area contributed by atoms with Crippen molar-refractivity contribution in [2.45, 2.75) is 26.0 Å². The molecule has 0 saturated carbocycles. The van der Waals surface area contributed by atoms with Gasteiger partial charge < -0.3 is 20.1 Å². The predicted octanol–water partition coefficient (Wildman–Crippen LogP) is 2.69. The molecule has 6 heteroatoms. The van der Waals surface area contributed by atoms with Gasteiger partial charge in [0.2, 0.25) is 0 Å². The lowest BCUT2D eigenvalue weighted by Crippen LogP contribution is -2.45. The molecule has 1 heterocycles. The van der Waals surface area contributed by atoms with Gasteiger partial charge in [-0.15, -0.1) is 0 Å². The largest absolute Gasteiger partial charge is 0.396 e. The van der Waals surface area contributed by atoms with Gasteiger partial charge in [0.05, 0.1) is 6.04 Å². The average Bonchev–Trinajstić information content (AvgIpc) is 2.91. The Balaban J connectivity index is 1.98. The first-order valence-electron chi connectivity index (χ1n) is 7.90. The third-order valence-electron chi connectivity index (χ3n) is 4.55. The number of hydrogen-bond acceptors (Lipinski definition) is 3. The molecular weight excluding hydrogens is 316 g/mol. The predicted molar refractivity (Wildman–Crippen MR) is 90.5 cm³/mol. The van der Waals surface area contributed by atoms with E-state index in [0.717, 1.165) is 5.56 Å². The molecule has 0 aromatic heterocycles. The van der Waals surface area contributed by atoms with E-state index in [1.807, 2.05) is 31.2 Å². The van der Waals surface area contributed by atoms with Crippen molar-refractivity contribution in [3.05, 3.63) is 34.9 Å². The number of nitrogens with zero attached hydrogens (tertiary/aromatic N) is 1. The fourth-order valence-corrected chi connectivity index (χ4v) is 3.21. The summed E-state index contributed by atoms with van der Waals surface area (Å²) in [5.74, 6) is 0.473. The first-order valence-corrected chi connectivity index (χ1v) is 8.28. The monoisotopic (exact) mass is 340 g/mol. The molecule has 0 aliphatic carbocycles. The van der Waals surface area contributed by atoms with Crippen LogP contribution in [-0.4, -0.2) is 48.9 Å². The molecule has 0 unspecified atom stereocenters. The number of carbonyl (C=O) groups excluding carboxylic acids is 1. The lowest BCUT2D eigenvalue weighted by Gasteiger charge is -2.27. The highest BCUT2D eigenvalue weighted by molar-refractivity contribution is 6.30. The maximum absolute atomic E-state index is 12.4. The smallest absolute Gasteiger partial charge is 0.317 e. The molecule has 1 aliphatic rings. The van der Waals surface area contributed by atoms with Crippen LogP contribution in [-0.2, 0) is 4.74 Å². The summed E-state index contributed by atoms with van der Waals surface area (Å²) in [6.45, 7) is 5.36. The van der Waals surface area contributed by atoms with Gasteiger partial charge in [0.15, 0.2) is 0 Å². The van der Waals surface area contributed by atoms with Crippen LogP contribution in [0, 0.1) is 11.8 Å². The number of rotatable bonds is 5. The SMILES string of the molecule is CO[C@@H](c1ccc(Cl)cc1)[C@H](C)NC(=O)N1C[C@@H](CO)[C@H](C)C1. The van der Waals surface area contributed by atoms with Gasteiger partial charge >= 0.3 is 6.03 Å². The number of aliphatic hydroxyl groups is 1. The highest BCUT2D eigenvalue weighted by Crippen LogP contribution is 2.25. The van der Waals surface area contributed by atoms with Crippen molar-refractivity contribution < 1.29 is 14.6 Å². The van der Waals surface area contributed by atoms with Crippen molar-refractivity contribution in [2.75, 3.05) is 26.8 Å². The first-order chi connectivity index (χ1) is 11.0. The summed E-state index contributed by atoms with van der Waals surface area (Å²) >= 11 is 5.91. The zero-order valence-electron chi connectivity index (χ0n) is 13.8. The van der Waals surface area contributed by atoms with Gasteiger partial charge in [-0.2, -0.15) is 0 Å². The molecule has 1 aromatic carbocycles. The number of methoxy groups -OCH3 is 1. The Morgan fingerprint density at radius 3 is 2.61 bits per heavy atom. The molecule has 2 amide bonds. The molecule has 0 bridgehead atoms. The van der Waals surface area contributed by atoms with E-state index in [0.29, 0.717) is 24.0 Å². The highest BCUT2D eigenvalue weighted by atomic mass is 35.5. The molecule has 4 atom stereocenters. The van der Waals surface area contributed by atoms with Crippen LogP contribution in [0.1, 0.15) is 25.5 Å². The quantitative estimate of drug-likeness (QED) is 0.866. The number of ether oxygens (including phenoxy) is 1. The number of carbonyl (C=O) groups is 1. The Kier molecular flexibility index (Phi) is 6.27. The molecule has 0 spiro atoms. The van der Waals surface area contributed by atoms with Crippen LogP contribution in [0.5, 0.6) is 0 Å². The van der Waals surface area contributed by atoms with Crippen molar-refractivity contribution in [3.63, 3.8) is 0 Å². The Morgan fingerprint density at radius 2 is 2.09 bits per heavy atom. The Hall–Kier alpha value is -1.30. The van der Waals surface area contributed by atoms with Crippen molar-refractivity contribution in [1.29, 1.82) is 0 Å². The van der Waals surface area contributed by atoms with Crippen LogP contribution >= 0.6 is 11.6 Å². The fraction of sp³-hybridized carbons (Fsp3) is 0.588. The van der Waals surface area contributed by atoms with Crippen LogP contribution in [0.4, 0.5) is 4.79 Å². The van der Waals surface area contributed by atoms with E-state index in [1.54, 1.807) is 12.0 Å². The van der Waals surface area contributed by atoms with Gasteiger partial charge in [0.1, 0.15) is 6.10 Å². The minimum absolute atomic E-state index is 0.115. The van der Waals surface area contributed by atoms with E-state index >= 15 is 0 Å². The second kappa shape index (κ2) is 7.99. The molecule has 1 aromatic rings. The molecule has 5 nitrogen and oxygen atoms in total. The van der Waals surface area contributed by atoms with Crippen LogP contribution in [0.25, 0.3) is 0 Å². The number of benzene rings is 1. The Morgan fingerprint density at radius 1 is 1.43 bits per heavy atom. The third-order valence-corrected chi connectivity index (χ3v) is 4.80. The number of amides is 2. The van der Waals surface area contributed by atoms with E-state index in [4.69, 9.17) is 16.3 Å². The van der Waals surface area contributed by atoms with E-state index < -0.39 is 0 Å². The number of nitrogens with one attached hydrogen (secondary N) is 1. The van der Waals surface area contributed by atoms with Gasteiger partial charge in [-0.1, -0.05) is 30.7 Å². The maximum Gasteiger partial charge on any atom is 0.317 e. The van der Waals surface area contributed by atoms with E-state index in [9.17, 15) is 9.90 Å². The zero-order valence-corrected chi connectivity index (χ0v) is 14.6. The molecular formula is C17H25ClN2O3. The summed E-state index contributed by atoms with van der Waals surface area (Å²) in [4.78, 5) is 14.2.